The fraction of sp³-hybridized carbons (Fsp3) is 0.438. The summed E-state index contributed by atoms with van der Waals surface area (Å²) in [6.07, 6.45) is 0.716. The summed E-state index contributed by atoms with van der Waals surface area (Å²) >= 11 is 1.72. The molecule has 0 saturated carbocycles. The van der Waals surface area contributed by atoms with E-state index in [1.165, 1.54) is 12.5 Å². The topological polar surface area (TPSA) is 54.1 Å². The van der Waals surface area contributed by atoms with Crippen molar-refractivity contribution in [3.63, 3.8) is 0 Å². The van der Waals surface area contributed by atoms with Crippen molar-refractivity contribution in [2.45, 2.75) is 30.8 Å². The summed E-state index contributed by atoms with van der Waals surface area (Å²) in [5.41, 5.74) is 0.519. The van der Waals surface area contributed by atoms with Crippen LogP contribution in [0.5, 0.6) is 0 Å². The van der Waals surface area contributed by atoms with Crippen LogP contribution >= 0.6 is 11.8 Å². The maximum Gasteiger partial charge on any atom is 0.325 e. The Bertz CT molecular complexity index is 578. The third-order valence-corrected chi connectivity index (χ3v) is 4.51. The lowest BCUT2D eigenvalue weighted by Crippen LogP contribution is -2.50. The van der Waals surface area contributed by atoms with E-state index in [9.17, 15) is 4.79 Å². The second-order valence-electron chi connectivity index (χ2n) is 5.17. The molecule has 1 aromatic carbocycles. The van der Waals surface area contributed by atoms with Gasteiger partial charge in [0, 0.05) is 16.7 Å². The molecule has 5 heteroatoms. The predicted molar refractivity (Wildman–Crippen MR) is 87.7 cm³/mol. The Morgan fingerprint density at radius 2 is 2.19 bits per heavy atom. The lowest BCUT2D eigenvalue weighted by atomic mass is 9.99. The first-order valence-electron chi connectivity index (χ1n) is 7.13. The number of esters is 1. The van der Waals surface area contributed by atoms with E-state index in [4.69, 9.17) is 4.74 Å². The van der Waals surface area contributed by atoms with Gasteiger partial charge in [-0.1, -0.05) is 25.1 Å². The molecule has 1 heterocycles. The molecule has 0 aliphatic rings. The lowest BCUT2D eigenvalue weighted by molar-refractivity contribution is -0.147. The first-order valence-corrected chi connectivity index (χ1v) is 8.11. The van der Waals surface area contributed by atoms with Gasteiger partial charge in [-0.3, -0.25) is 4.79 Å². The number of rotatable bonds is 7. The largest absolute Gasteiger partial charge is 0.468 e. The zero-order valence-electron chi connectivity index (χ0n) is 12.7. The number of benzene rings is 1. The van der Waals surface area contributed by atoms with Gasteiger partial charge >= 0.3 is 5.97 Å². The number of aromatic amines is 1. The summed E-state index contributed by atoms with van der Waals surface area (Å²) in [6, 6.07) is 10.4. The van der Waals surface area contributed by atoms with Crippen LogP contribution in [0.25, 0.3) is 10.9 Å². The number of hydrogen-bond acceptors (Lipinski definition) is 4. The number of aromatic nitrogens is 1. The Balaban J connectivity index is 1.97. The molecule has 0 amide bonds. The van der Waals surface area contributed by atoms with Crippen LogP contribution in [0, 0.1) is 0 Å². The Morgan fingerprint density at radius 1 is 1.43 bits per heavy atom. The number of H-pyrrole nitrogens is 1. The minimum atomic E-state index is -0.623. The van der Waals surface area contributed by atoms with Gasteiger partial charge in [0.15, 0.2) is 0 Å². The maximum atomic E-state index is 11.9. The van der Waals surface area contributed by atoms with Crippen molar-refractivity contribution >= 4 is 28.6 Å². The Labute approximate surface area is 129 Å². The molecule has 1 atom stereocenters. The second kappa shape index (κ2) is 7.00. The van der Waals surface area contributed by atoms with Gasteiger partial charge in [0.2, 0.25) is 0 Å². The number of likely N-dealkylation sites (N-methyl/N-ethyl adjacent to an activating group) is 1. The molecule has 0 saturated heterocycles. The summed E-state index contributed by atoms with van der Waals surface area (Å²) in [5, 5.41) is 5.56. The molecule has 1 aromatic heterocycles. The number of ether oxygens (including phenoxy) is 1. The van der Waals surface area contributed by atoms with Crippen LogP contribution in [0.1, 0.15) is 20.3 Å². The highest BCUT2D eigenvalue weighted by atomic mass is 32.2. The number of hydrogen-bond donors (Lipinski definition) is 2. The van der Waals surface area contributed by atoms with E-state index in [1.807, 2.05) is 26.0 Å². The van der Waals surface area contributed by atoms with Crippen LogP contribution in [-0.2, 0) is 9.53 Å². The standard InChI is InChI=1S/C16H22N2O2S/c1-4-17-16(2,15(19)20-3)9-10-21-14-11-12-7-5-6-8-13(12)18-14/h5-8,11,17-18H,4,9-10H2,1-3H3. The third kappa shape index (κ3) is 3.80. The van der Waals surface area contributed by atoms with E-state index >= 15 is 0 Å². The summed E-state index contributed by atoms with van der Waals surface area (Å²) in [5.74, 6) is 0.632. The molecule has 0 radical (unpaired) electrons. The number of nitrogens with one attached hydrogen (secondary N) is 2. The van der Waals surface area contributed by atoms with Gasteiger partial charge < -0.3 is 15.0 Å². The van der Waals surface area contributed by atoms with Crippen molar-refractivity contribution < 1.29 is 9.53 Å². The fourth-order valence-corrected chi connectivity index (χ4v) is 3.49. The summed E-state index contributed by atoms with van der Waals surface area (Å²) in [4.78, 5) is 15.3. The van der Waals surface area contributed by atoms with Gasteiger partial charge in [-0.15, -0.1) is 11.8 Å². The summed E-state index contributed by atoms with van der Waals surface area (Å²) < 4.78 is 4.90. The van der Waals surface area contributed by atoms with Crippen LogP contribution in [-0.4, -0.2) is 35.9 Å². The van der Waals surface area contributed by atoms with Crippen molar-refractivity contribution in [1.29, 1.82) is 0 Å². The van der Waals surface area contributed by atoms with Gasteiger partial charge in [0.25, 0.3) is 0 Å². The molecular weight excluding hydrogens is 284 g/mol. The van der Waals surface area contributed by atoms with E-state index in [0.29, 0.717) is 6.42 Å². The van der Waals surface area contributed by atoms with Crippen molar-refractivity contribution in [2.75, 3.05) is 19.4 Å². The molecule has 0 aliphatic heterocycles. The average molecular weight is 306 g/mol. The van der Waals surface area contributed by atoms with Gasteiger partial charge in [-0.2, -0.15) is 0 Å². The maximum absolute atomic E-state index is 11.9. The van der Waals surface area contributed by atoms with E-state index in [-0.39, 0.29) is 5.97 Å². The molecule has 1 unspecified atom stereocenters. The molecule has 2 N–H and O–H groups in total. The predicted octanol–water partition coefficient (Wildman–Crippen LogP) is 3.19. The number of carbonyl (C=O) groups is 1. The molecule has 2 aromatic rings. The van der Waals surface area contributed by atoms with Gasteiger partial charge in [-0.05, 0) is 32.0 Å². The van der Waals surface area contributed by atoms with E-state index in [0.717, 1.165) is 22.8 Å². The average Bonchev–Trinajstić information content (AvgIpc) is 2.89. The molecule has 114 valence electrons. The van der Waals surface area contributed by atoms with E-state index in [2.05, 4.69) is 28.5 Å². The molecule has 0 bridgehead atoms. The van der Waals surface area contributed by atoms with E-state index in [1.54, 1.807) is 11.8 Å². The van der Waals surface area contributed by atoms with Crippen molar-refractivity contribution in [1.82, 2.24) is 10.3 Å². The Morgan fingerprint density at radius 3 is 2.86 bits per heavy atom. The van der Waals surface area contributed by atoms with Crippen molar-refractivity contribution in [2.24, 2.45) is 0 Å². The highest BCUT2D eigenvalue weighted by Crippen LogP contribution is 2.25. The number of thioether (sulfide) groups is 1. The SMILES string of the molecule is CCNC(C)(CCSc1cc2ccccc2[nH]1)C(=O)OC. The van der Waals surface area contributed by atoms with Crippen LogP contribution in [0.15, 0.2) is 35.4 Å². The van der Waals surface area contributed by atoms with Crippen LogP contribution in [0.3, 0.4) is 0 Å². The van der Waals surface area contributed by atoms with Gasteiger partial charge in [0.1, 0.15) is 5.54 Å². The van der Waals surface area contributed by atoms with Crippen LogP contribution in [0.2, 0.25) is 0 Å². The molecule has 0 aliphatic carbocycles. The minimum absolute atomic E-state index is 0.207. The lowest BCUT2D eigenvalue weighted by Gasteiger charge is -2.27. The highest BCUT2D eigenvalue weighted by molar-refractivity contribution is 7.99. The summed E-state index contributed by atoms with van der Waals surface area (Å²) in [6.45, 7) is 4.63. The number of fused-ring (bicyclic) bond motifs is 1. The van der Waals surface area contributed by atoms with Crippen LogP contribution < -0.4 is 5.32 Å². The van der Waals surface area contributed by atoms with E-state index < -0.39 is 5.54 Å². The molecule has 4 nitrogen and oxygen atoms in total. The number of carbonyl (C=O) groups excluding carboxylic acids is 1. The first-order chi connectivity index (χ1) is 10.1. The zero-order valence-corrected chi connectivity index (χ0v) is 13.5. The Hall–Kier alpha value is -1.46. The zero-order chi connectivity index (χ0) is 15.3. The van der Waals surface area contributed by atoms with Gasteiger partial charge in [-0.25, -0.2) is 0 Å². The monoisotopic (exact) mass is 306 g/mol. The van der Waals surface area contributed by atoms with Crippen molar-refractivity contribution in [3.05, 3.63) is 30.3 Å². The number of para-hydroxylation sites is 1. The normalized spacial score (nSPS) is 14.0. The number of methoxy groups -OCH3 is 1. The van der Waals surface area contributed by atoms with Crippen LogP contribution in [0.4, 0.5) is 0 Å². The quantitative estimate of drug-likeness (QED) is 0.609. The molecule has 0 spiro atoms. The first kappa shape index (κ1) is 15.9. The second-order valence-corrected chi connectivity index (χ2v) is 6.31. The summed E-state index contributed by atoms with van der Waals surface area (Å²) in [7, 11) is 1.43. The molecule has 21 heavy (non-hydrogen) atoms. The molecule has 2 rings (SSSR count). The van der Waals surface area contributed by atoms with Crippen molar-refractivity contribution in [3.8, 4) is 0 Å². The minimum Gasteiger partial charge on any atom is -0.468 e. The molecule has 0 fully saturated rings. The fourth-order valence-electron chi connectivity index (χ4n) is 2.37. The Kier molecular flexibility index (Phi) is 5.31. The third-order valence-electron chi connectivity index (χ3n) is 3.57. The highest BCUT2D eigenvalue weighted by Gasteiger charge is 2.32. The molecular formula is C16H22N2O2S. The van der Waals surface area contributed by atoms with Gasteiger partial charge in [0.05, 0.1) is 12.1 Å². The smallest absolute Gasteiger partial charge is 0.325 e.